The van der Waals surface area contributed by atoms with Crippen molar-refractivity contribution in [1.82, 2.24) is 0 Å². The van der Waals surface area contributed by atoms with Gasteiger partial charge in [-0.1, -0.05) is 91.0 Å². The number of methoxy groups -OCH3 is 1. The number of benzene rings is 3. The van der Waals surface area contributed by atoms with Gasteiger partial charge in [0.05, 0.1) is 26.4 Å². The quantitative estimate of drug-likeness (QED) is 0.157. The van der Waals surface area contributed by atoms with Crippen LogP contribution in [0.1, 0.15) is 16.7 Å². The Kier molecular flexibility index (Phi) is 13.4. The van der Waals surface area contributed by atoms with E-state index in [4.69, 9.17) is 32.7 Å². The van der Waals surface area contributed by atoms with Crippen LogP contribution in [0.15, 0.2) is 91.0 Å². The fourth-order valence-electron chi connectivity index (χ4n) is 4.09. The summed E-state index contributed by atoms with van der Waals surface area (Å²) in [4.78, 5) is 0. The van der Waals surface area contributed by atoms with Crippen LogP contribution in [0, 0.1) is 0 Å². The van der Waals surface area contributed by atoms with Gasteiger partial charge in [-0.3, -0.25) is 0 Å². The van der Waals surface area contributed by atoms with Crippen LogP contribution < -0.4 is 0 Å². The maximum absolute atomic E-state index is 6.50. The Balaban J connectivity index is 0.00000400. The summed E-state index contributed by atoms with van der Waals surface area (Å²) in [6, 6.07) is 30.1. The van der Waals surface area contributed by atoms with Gasteiger partial charge in [0.2, 0.25) is 8.38 Å². The summed E-state index contributed by atoms with van der Waals surface area (Å²) in [5, 5.41) is 0. The molecule has 0 unspecified atom stereocenters. The van der Waals surface area contributed by atoms with E-state index in [-0.39, 0.29) is 15.2 Å². The highest BCUT2D eigenvalue weighted by molar-refractivity contribution is 7.48. The molecule has 0 spiro atoms. The van der Waals surface area contributed by atoms with E-state index in [1.54, 1.807) is 14.2 Å². The van der Waals surface area contributed by atoms with Crippen LogP contribution in [-0.4, -0.2) is 60.2 Å². The van der Waals surface area contributed by atoms with Crippen molar-refractivity contribution in [3.63, 3.8) is 0 Å². The van der Waals surface area contributed by atoms with Gasteiger partial charge in [-0.15, -0.1) is 0 Å². The van der Waals surface area contributed by atoms with Gasteiger partial charge < -0.3 is 32.7 Å². The SMILES string of the molecule is COCO[C@@H]1[C@@H](OCc2ccccc2)[C@H](OCc2ccccc2)[C@@H](COCc2ccccc2)O[P@@]1OC.[B]. The molecule has 0 aliphatic carbocycles. The molecule has 7 nitrogen and oxygen atoms in total. The lowest BCUT2D eigenvalue weighted by Gasteiger charge is -2.44. The molecule has 0 amide bonds. The summed E-state index contributed by atoms with van der Waals surface area (Å²) in [6.45, 7) is 1.67. The second-order valence-corrected chi connectivity index (χ2v) is 10.3. The smallest absolute Gasteiger partial charge is 0.204 e. The number of ether oxygens (including phenoxy) is 5. The zero-order valence-corrected chi connectivity index (χ0v) is 22.8. The molecule has 4 rings (SSSR count). The minimum Gasteiger partial charge on any atom is -0.374 e. The van der Waals surface area contributed by atoms with Crippen LogP contribution in [0.2, 0.25) is 0 Å². The molecule has 201 valence electrons. The summed E-state index contributed by atoms with van der Waals surface area (Å²) >= 11 is 0. The highest BCUT2D eigenvalue weighted by Gasteiger charge is 2.49. The Bertz CT molecular complexity index is 1020. The van der Waals surface area contributed by atoms with Gasteiger partial charge in [-0.05, 0) is 16.7 Å². The van der Waals surface area contributed by atoms with Gasteiger partial charge in [-0.2, -0.15) is 0 Å². The molecule has 3 radical (unpaired) electrons. The summed E-state index contributed by atoms with van der Waals surface area (Å²) < 4.78 is 42.5. The molecule has 3 aromatic carbocycles. The third-order valence-corrected chi connectivity index (χ3v) is 7.62. The summed E-state index contributed by atoms with van der Waals surface area (Å²) in [6.07, 6.45) is -1.35. The Hall–Kier alpha value is -2.13. The third kappa shape index (κ3) is 8.97. The molecule has 0 bridgehead atoms. The van der Waals surface area contributed by atoms with Crippen molar-refractivity contribution in [2.24, 2.45) is 0 Å². The van der Waals surface area contributed by atoms with E-state index in [1.807, 2.05) is 91.0 Å². The standard InChI is InChI=1S/C29H35O7P.B/c1-30-22-35-29-28(34-20-25-16-10-5-11-17-25)27(33-19-24-14-8-4-9-15-24)26(36-37(29)31-2)21-32-18-23-12-6-3-7-13-23;/h3-17,26-29H,18-22H2,1-2H3;/t26-,27-,28+,29+,37-;/m1./s1. The molecule has 1 aliphatic rings. The molecule has 3 aromatic rings. The van der Waals surface area contributed by atoms with Crippen LogP contribution in [0.25, 0.3) is 0 Å². The van der Waals surface area contributed by atoms with Crippen LogP contribution in [0.5, 0.6) is 0 Å². The Morgan fingerprint density at radius 1 is 0.658 bits per heavy atom. The topological polar surface area (TPSA) is 64.6 Å². The summed E-state index contributed by atoms with van der Waals surface area (Å²) in [7, 11) is 1.75. The summed E-state index contributed by atoms with van der Waals surface area (Å²) in [5.41, 5.74) is 3.20. The fourth-order valence-corrected chi connectivity index (χ4v) is 5.63. The van der Waals surface area contributed by atoms with E-state index in [0.29, 0.717) is 26.4 Å². The molecule has 5 atom stereocenters. The number of hydrogen-bond donors (Lipinski definition) is 0. The molecule has 0 aromatic heterocycles. The van der Waals surface area contributed by atoms with E-state index in [9.17, 15) is 0 Å². The Morgan fingerprint density at radius 2 is 1.16 bits per heavy atom. The van der Waals surface area contributed by atoms with Crippen molar-refractivity contribution in [2.75, 3.05) is 27.6 Å². The maximum Gasteiger partial charge on any atom is 0.204 e. The molecule has 1 aliphatic heterocycles. The van der Waals surface area contributed by atoms with Crippen LogP contribution in [0.3, 0.4) is 0 Å². The van der Waals surface area contributed by atoms with Crippen molar-refractivity contribution in [3.05, 3.63) is 108 Å². The lowest BCUT2D eigenvalue weighted by molar-refractivity contribution is -0.197. The van der Waals surface area contributed by atoms with E-state index in [0.717, 1.165) is 16.7 Å². The van der Waals surface area contributed by atoms with Gasteiger partial charge in [0.1, 0.15) is 25.1 Å². The average molecular weight is 537 g/mol. The molecular weight excluding hydrogens is 502 g/mol. The Morgan fingerprint density at radius 3 is 1.66 bits per heavy atom. The molecule has 1 heterocycles. The predicted molar refractivity (Wildman–Crippen MR) is 147 cm³/mol. The van der Waals surface area contributed by atoms with E-state index in [1.165, 1.54) is 0 Å². The van der Waals surface area contributed by atoms with Gasteiger partial charge >= 0.3 is 0 Å². The largest absolute Gasteiger partial charge is 0.374 e. The molecular formula is C29H35BO7P. The van der Waals surface area contributed by atoms with Gasteiger partial charge in [0, 0.05) is 22.6 Å². The second kappa shape index (κ2) is 16.8. The molecule has 9 heteroatoms. The zero-order valence-electron chi connectivity index (χ0n) is 21.9. The van der Waals surface area contributed by atoms with E-state index < -0.39 is 32.5 Å². The van der Waals surface area contributed by atoms with Crippen molar-refractivity contribution in [2.45, 2.75) is 44.0 Å². The van der Waals surface area contributed by atoms with Crippen molar-refractivity contribution < 1.29 is 32.7 Å². The number of hydrogen-bond acceptors (Lipinski definition) is 7. The first-order valence-electron chi connectivity index (χ1n) is 12.3. The van der Waals surface area contributed by atoms with Crippen molar-refractivity contribution >= 4 is 16.8 Å². The highest BCUT2D eigenvalue weighted by Crippen LogP contribution is 2.52. The van der Waals surface area contributed by atoms with Gasteiger partial charge in [-0.25, -0.2) is 0 Å². The van der Waals surface area contributed by atoms with Gasteiger partial charge in [0.15, 0.2) is 5.85 Å². The monoisotopic (exact) mass is 537 g/mol. The fraction of sp³-hybridized carbons (Fsp3) is 0.379. The first-order chi connectivity index (χ1) is 18.3. The molecule has 0 N–H and O–H groups in total. The van der Waals surface area contributed by atoms with E-state index in [2.05, 4.69) is 0 Å². The van der Waals surface area contributed by atoms with Gasteiger partial charge in [0.25, 0.3) is 0 Å². The van der Waals surface area contributed by atoms with Crippen LogP contribution in [-0.2, 0) is 52.6 Å². The lowest BCUT2D eigenvalue weighted by atomic mass is 10.1. The molecule has 1 fully saturated rings. The van der Waals surface area contributed by atoms with Crippen LogP contribution in [0.4, 0.5) is 0 Å². The van der Waals surface area contributed by atoms with E-state index >= 15 is 0 Å². The third-order valence-electron chi connectivity index (χ3n) is 5.92. The zero-order chi connectivity index (χ0) is 25.7. The summed E-state index contributed by atoms with van der Waals surface area (Å²) in [5.74, 6) is -0.505. The minimum absolute atomic E-state index is 0. The number of rotatable bonds is 14. The minimum atomic E-state index is -1.45. The average Bonchev–Trinajstić information content (AvgIpc) is 2.96. The molecule has 0 saturated carbocycles. The molecule has 38 heavy (non-hydrogen) atoms. The predicted octanol–water partition coefficient (Wildman–Crippen LogP) is 5.30. The van der Waals surface area contributed by atoms with Crippen molar-refractivity contribution in [3.8, 4) is 0 Å². The second-order valence-electron chi connectivity index (χ2n) is 8.60. The normalized spacial score (nSPS) is 23.1. The van der Waals surface area contributed by atoms with Crippen molar-refractivity contribution in [1.29, 1.82) is 0 Å². The Labute approximate surface area is 228 Å². The first kappa shape index (κ1) is 30.4. The van der Waals surface area contributed by atoms with Crippen LogP contribution >= 0.6 is 8.38 Å². The lowest BCUT2D eigenvalue weighted by Crippen LogP contribution is -2.54. The molecule has 1 saturated heterocycles. The maximum atomic E-state index is 6.50. The first-order valence-corrected chi connectivity index (χ1v) is 13.6. The highest BCUT2D eigenvalue weighted by atomic mass is 31.2.